The van der Waals surface area contributed by atoms with Crippen molar-refractivity contribution >= 4 is 11.9 Å². The van der Waals surface area contributed by atoms with Crippen LogP contribution in [0.4, 0.5) is 0 Å². The van der Waals surface area contributed by atoms with Crippen molar-refractivity contribution in [3.05, 3.63) is 60.8 Å². The zero-order chi connectivity index (χ0) is 42.1. The monoisotopic (exact) mass is 811 g/mol. The van der Waals surface area contributed by atoms with Gasteiger partial charge in [0.05, 0.1) is 6.61 Å². The molecule has 1 atom stereocenters. The number of rotatable bonds is 45. The number of hydrogen-bond acceptors (Lipinski definition) is 5. The van der Waals surface area contributed by atoms with Crippen molar-refractivity contribution < 1.29 is 24.2 Å². The summed E-state index contributed by atoms with van der Waals surface area (Å²) >= 11 is 0. The molecule has 0 aliphatic heterocycles. The second kappa shape index (κ2) is 49.0. The molecule has 0 aromatic heterocycles. The number of carbonyl (C=O) groups excluding carboxylic acids is 2. The predicted octanol–water partition coefficient (Wildman–Crippen LogP) is 16.3. The standard InChI is InChI=1S/C53H94O5/c1-3-5-7-9-11-13-15-17-18-19-20-21-22-23-24-25-26-27-28-29-30-31-32-33-34-36-37-39-41-43-45-47-52(55)57-50-51(49-54)58-53(56)48-46-44-42-40-38-35-16-14-12-10-8-6-4-2/h6,8,12,14-15,17,19-20,35,38,51,54H,3-5,7,9-11,13,16,18,21-34,36-37,39-50H2,1-2H3/b8-6-,14-12-,17-15-,20-19-,38-35-. The summed E-state index contributed by atoms with van der Waals surface area (Å²) < 4.78 is 10.6. The van der Waals surface area contributed by atoms with Crippen LogP contribution in [0.5, 0.6) is 0 Å². The molecule has 0 radical (unpaired) electrons. The summed E-state index contributed by atoms with van der Waals surface area (Å²) in [7, 11) is 0. The molecule has 1 N–H and O–H groups in total. The molecule has 5 heteroatoms. The summed E-state index contributed by atoms with van der Waals surface area (Å²) in [4.78, 5) is 24.3. The highest BCUT2D eigenvalue weighted by Gasteiger charge is 2.16. The smallest absolute Gasteiger partial charge is 0.306 e. The first-order valence-corrected chi connectivity index (χ1v) is 24.8. The molecule has 0 aliphatic carbocycles. The van der Waals surface area contributed by atoms with Crippen molar-refractivity contribution in [2.75, 3.05) is 13.2 Å². The third kappa shape index (κ3) is 46.3. The normalized spacial score (nSPS) is 12.7. The van der Waals surface area contributed by atoms with E-state index in [1.165, 1.54) is 148 Å². The molecule has 0 saturated carbocycles. The molecule has 336 valence electrons. The van der Waals surface area contributed by atoms with Crippen LogP contribution < -0.4 is 0 Å². The zero-order valence-electron chi connectivity index (χ0n) is 38.3. The van der Waals surface area contributed by atoms with Crippen molar-refractivity contribution in [3.63, 3.8) is 0 Å². The third-order valence-corrected chi connectivity index (χ3v) is 10.8. The fraction of sp³-hybridized carbons (Fsp3) is 0.774. The van der Waals surface area contributed by atoms with E-state index < -0.39 is 6.10 Å². The Labute approximate surface area is 360 Å². The molecule has 1 unspecified atom stereocenters. The van der Waals surface area contributed by atoms with E-state index in [0.29, 0.717) is 12.8 Å². The number of ether oxygens (including phenoxy) is 2. The van der Waals surface area contributed by atoms with Crippen LogP contribution >= 0.6 is 0 Å². The molecule has 5 nitrogen and oxygen atoms in total. The topological polar surface area (TPSA) is 72.8 Å². The second-order valence-corrected chi connectivity index (χ2v) is 16.5. The van der Waals surface area contributed by atoms with Crippen LogP contribution in [0, 0.1) is 0 Å². The van der Waals surface area contributed by atoms with E-state index in [0.717, 1.165) is 70.6 Å². The fourth-order valence-electron chi connectivity index (χ4n) is 7.07. The number of carbonyl (C=O) groups is 2. The van der Waals surface area contributed by atoms with Crippen molar-refractivity contribution in [2.24, 2.45) is 0 Å². The minimum atomic E-state index is -0.787. The molecule has 0 aromatic carbocycles. The Bertz CT molecular complexity index is 1010. The van der Waals surface area contributed by atoms with Gasteiger partial charge in [-0.15, -0.1) is 0 Å². The van der Waals surface area contributed by atoms with E-state index in [2.05, 4.69) is 74.6 Å². The maximum absolute atomic E-state index is 12.2. The highest BCUT2D eigenvalue weighted by molar-refractivity contribution is 5.70. The van der Waals surface area contributed by atoms with Gasteiger partial charge in [-0.25, -0.2) is 0 Å². The van der Waals surface area contributed by atoms with Gasteiger partial charge in [0.25, 0.3) is 0 Å². The first kappa shape index (κ1) is 55.6. The molecular weight excluding hydrogens is 717 g/mol. The van der Waals surface area contributed by atoms with Gasteiger partial charge in [-0.05, 0) is 77.0 Å². The summed E-state index contributed by atoms with van der Waals surface area (Å²) in [5.74, 6) is -0.620. The molecule has 0 spiro atoms. The number of esters is 2. The molecule has 0 rings (SSSR count). The van der Waals surface area contributed by atoms with Gasteiger partial charge in [-0.3, -0.25) is 9.59 Å². The van der Waals surface area contributed by atoms with Crippen LogP contribution in [0.15, 0.2) is 60.8 Å². The molecule has 0 heterocycles. The minimum Gasteiger partial charge on any atom is -0.462 e. The number of hydrogen-bond donors (Lipinski definition) is 1. The Kier molecular flexibility index (Phi) is 46.9. The fourth-order valence-corrected chi connectivity index (χ4v) is 7.07. The van der Waals surface area contributed by atoms with Crippen molar-refractivity contribution in [2.45, 2.75) is 251 Å². The van der Waals surface area contributed by atoms with Gasteiger partial charge in [0.2, 0.25) is 0 Å². The number of unbranched alkanes of at least 4 members (excludes halogenated alkanes) is 27. The molecule has 0 bridgehead atoms. The zero-order valence-corrected chi connectivity index (χ0v) is 38.3. The van der Waals surface area contributed by atoms with Crippen LogP contribution in [0.1, 0.15) is 245 Å². The first-order valence-electron chi connectivity index (χ1n) is 24.8. The Morgan fingerprint density at radius 3 is 1.14 bits per heavy atom. The molecule has 0 amide bonds. The summed E-state index contributed by atoms with van der Waals surface area (Å²) in [6.07, 6.45) is 64.8. The maximum atomic E-state index is 12.2. The van der Waals surface area contributed by atoms with Gasteiger partial charge in [0.1, 0.15) is 6.61 Å². The van der Waals surface area contributed by atoms with E-state index in [1.54, 1.807) is 0 Å². The Balaban J connectivity index is 3.44. The van der Waals surface area contributed by atoms with Crippen LogP contribution in [0.25, 0.3) is 0 Å². The number of allylic oxidation sites excluding steroid dienone is 10. The molecule has 0 aromatic rings. The lowest BCUT2D eigenvalue weighted by molar-refractivity contribution is -0.161. The average Bonchev–Trinajstić information content (AvgIpc) is 3.23. The average molecular weight is 811 g/mol. The molecule has 0 fully saturated rings. The molecule has 0 aliphatic rings. The van der Waals surface area contributed by atoms with E-state index in [9.17, 15) is 14.7 Å². The maximum Gasteiger partial charge on any atom is 0.306 e. The second-order valence-electron chi connectivity index (χ2n) is 16.5. The SMILES string of the molecule is CC/C=C\C/C=C\C/C=C\CCCCCC(=O)OC(CO)COC(=O)CCCCCCCCCCCCCCCCCCCCC/C=C\C/C=C\CCCCCCC. The highest BCUT2D eigenvalue weighted by atomic mass is 16.6. The number of aliphatic hydroxyl groups is 1. The van der Waals surface area contributed by atoms with Gasteiger partial charge in [-0.1, -0.05) is 216 Å². The largest absolute Gasteiger partial charge is 0.462 e. The Morgan fingerprint density at radius 2 is 0.741 bits per heavy atom. The molecule has 0 saturated heterocycles. The van der Waals surface area contributed by atoms with Crippen LogP contribution in [-0.2, 0) is 19.1 Å². The van der Waals surface area contributed by atoms with E-state index in [1.807, 2.05) is 0 Å². The number of aliphatic hydroxyl groups excluding tert-OH is 1. The van der Waals surface area contributed by atoms with Gasteiger partial charge >= 0.3 is 11.9 Å². The van der Waals surface area contributed by atoms with Gasteiger partial charge in [0.15, 0.2) is 6.10 Å². The molecular formula is C53H94O5. The quantitative estimate of drug-likeness (QED) is 0.0377. The Morgan fingerprint density at radius 1 is 0.414 bits per heavy atom. The predicted molar refractivity (Wildman–Crippen MR) is 251 cm³/mol. The van der Waals surface area contributed by atoms with Gasteiger partial charge in [-0.2, -0.15) is 0 Å². The van der Waals surface area contributed by atoms with Crippen LogP contribution in [0.3, 0.4) is 0 Å². The van der Waals surface area contributed by atoms with Gasteiger partial charge in [0, 0.05) is 12.8 Å². The van der Waals surface area contributed by atoms with Crippen molar-refractivity contribution in [1.29, 1.82) is 0 Å². The van der Waals surface area contributed by atoms with Crippen LogP contribution in [-0.4, -0.2) is 36.4 Å². The van der Waals surface area contributed by atoms with E-state index >= 15 is 0 Å². The summed E-state index contributed by atoms with van der Waals surface area (Å²) in [5, 5.41) is 9.58. The van der Waals surface area contributed by atoms with Crippen molar-refractivity contribution in [3.8, 4) is 0 Å². The van der Waals surface area contributed by atoms with Crippen molar-refractivity contribution in [1.82, 2.24) is 0 Å². The Hall–Kier alpha value is -2.40. The van der Waals surface area contributed by atoms with E-state index in [4.69, 9.17) is 9.47 Å². The lowest BCUT2D eigenvalue weighted by atomic mass is 10.0. The molecule has 58 heavy (non-hydrogen) atoms. The lowest BCUT2D eigenvalue weighted by Gasteiger charge is -2.15. The summed E-state index contributed by atoms with van der Waals surface area (Å²) in [5.41, 5.74) is 0. The van der Waals surface area contributed by atoms with Crippen LogP contribution in [0.2, 0.25) is 0 Å². The van der Waals surface area contributed by atoms with Gasteiger partial charge < -0.3 is 14.6 Å². The van der Waals surface area contributed by atoms with E-state index in [-0.39, 0.29) is 25.2 Å². The minimum absolute atomic E-state index is 0.0774. The highest BCUT2D eigenvalue weighted by Crippen LogP contribution is 2.16. The summed E-state index contributed by atoms with van der Waals surface area (Å²) in [6.45, 7) is 4.00. The summed E-state index contributed by atoms with van der Waals surface area (Å²) in [6, 6.07) is 0. The first-order chi connectivity index (χ1) is 28.6. The lowest BCUT2D eigenvalue weighted by Crippen LogP contribution is -2.28. The third-order valence-electron chi connectivity index (χ3n) is 10.8.